The Kier molecular flexibility index (Phi) is 6.78. The molecule has 2 aromatic heterocycles. The number of hydrogen-bond acceptors (Lipinski definition) is 8. The van der Waals surface area contributed by atoms with E-state index in [1.165, 1.54) is 24.5 Å². The van der Waals surface area contributed by atoms with Gasteiger partial charge in [-0.25, -0.2) is 23.9 Å². The number of aryl methyl sites for hydroxylation is 1. The molecule has 0 fully saturated rings. The number of nitrogens with zero attached hydrogens (tertiary/aromatic N) is 2. The van der Waals surface area contributed by atoms with Crippen molar-refractivity contribution in [3.05, 3.63) is 40.8 Å². The van der Waals surface area contributed by atoms with Crippen LogP contribution < -0.4 is 15.4 Å². The number of anilines is 2. The maximum absolute atomic E-state index is 13.8. The summed E-state index contributed by atoms with van der Waals surface area (Å²) in [5.74, 6) is -0.966. The quantitative estimate of drug-likeness (QED) is 0.439. The third-order valence-corrected chi connectivity index (χ3v) is 5.33. The molecule has 11 heteroatoms. The molecule has 2 heterocycles. The number of ether oxygens (including phenoxy) is 2. The van der Waals surface area contributed by atoms with Crippen molar-refractivity contribution in [2.24, 2.45) is 0 Å². The topological polar surface area (TPSA) is 123 Å². The molecule has 1 amide bonds. The summed E-state index contributed by atoms with van der Waals surface area (Å²) >= 11 is 1.05. The van der Waals surface area contributed by atoms with Gasteiger partial charge in [0.2, 0.25) is 0 Å². The van der Waals surface area contributed by atoms with Crippen molar-refractivity contribution in [3.63, 3.8) is 0 Å². The number of carbonyl (C=O) groups is 2. The van der Waals surface area contributed by atoms with E-state index in [2.05, 4.69) is 20.6 Å². The molecular weight excluding hydrogens is 439 g/mol. The van der Waals surface area contributed by atoms with E-state index < -0.39 is 23.5 Å². The third-order valence-electron chi connectivity index (χ3n) is 4.15. The largest absolute Gasteiger partial charge is 0.489 e. The Morgan fingerprint density at radius 2 is 2.00 bits per heavy atom. The van der Waals surface area contributed by atoms with Crippen LogP contribution in [0.2, 0.25) is 0 Å². The van der Waals surface area contributed by atoms with Crippen LogP contribution in [0.3, 0.4) is 0 Å². The van der Waals surface area contributed by atoms with Gasteiger partial charge in [-0.15, -0.1) is 11.3 Å². The van der Waals surface area contributed by atoms with Crippen molar-refractivity contribution in [1.29, 1.82) is 0 Å². The van der Waals surface area contributed by atoms with Gasteiger partial charge in [-0.1, -0.05) is 0 Å². The Balaban J connectivity index is 1.76. The molecular formula is C21H23FN4O5S. The predicted molar refractivity (Wildman–Crippen MR) is 119 cm³/mol. The Bertz CT molecular complexity index is 1160. The number of halogens is 1. The molecule has 0 aliphatic carbocycles. The highest BCUT2D eigenvalue weighted by atomic mass is 32.1. The molecule has 32 heavy (non-hydrogen) atoms. The van der Waals surface area contributed by atoms with Gasteiger partial charge >= 0.3 is 12.1 Å². The standard InChI is InChI=1S/C21H23FN4O5S/c1-11-15-17(24-10-25-18(15)32-16(11)19(27)28)26-13-6-5-12(22)9-14(13)30-8-7-23-20(29)31-21(2,3)4/h5-6,9-10H,7-8H2,1-4H3,(H,23,29)(H,27,28)(H,24,25,26). The number of benzene rings is 1. The lowest BCUT2D eigenvalue weighted by molar-refractivity contribution is 0.0519. The fraction of sp³-hybridized carbons (Fsp3) is 0.333. The number of alkyl carbamates (subject to hydrolysis) is 1. The molecule has 3 aromatic rings. The summed E-state index contributed by atoms with van der Waals surface area (Å²) in [6.45, 7) is 7.16. The number of thiophene rings is 1. The molecule has 0 spiro atoms. The summed E-state index contributed by atoms with van der Waals surface area (Å²) in [5.41, 5.74) is 0.339. The second kappa shape index (κ2) is 9.35. The van der Waals surface area contributed by atoms with E-state index in [9.17, 15) is 19.1 Å². The maximum atomic E-state index is 13.8. The minimum absolute atomic E-state index is 0.0667. The van der Waals surface area contributed by atoms with Gasteiger partial charge in [-0.2, -0.15) is 0 Å². The van der Waals surface area contributed by atoms with Crippen LogP contribution in [0.1, 0.15) is 36.0 Å². The number of carboxylic acid groups (broad SMARTS) is 1. The third kappa shape index (κ3) is 5.61. The van der Waals surface area contributed by atoms with Crippen LogP contribution in [-0.4, -0.2) is 45.9 Å². The Hall–Kier alpha value is -3.47. The van der Waals surface area contributed by atoms with E-state index >= 15 is 0 Å². The fourth-order valence-electron chi connectivity index (χ4n) is 2.85. The van der Waals surface area contributed by atoms with Crippen molar-refractivity contribution >= 4 is 45.1 Å². The zero-order valence-corrected chi connectivity index (χ0v) is 18.8. The molecule has 0 unspecified atom stereocenters. The minimum atomic E-state index is -1.04. The lowest BCUT2D eigenvalue weighted by atomic mass is 10.2. The van der Waals surface area contributed by atoms with Crippen LogP contribution in [0.15, 0.2) is 24.5 Å². The molecule has 0 aliphatic rings. The summed E-state index contributed by atoms with van der Waals surface area (Å²) in [4.78, 5) is 32.2. The molecule has 9 nitrogen and oxygen atoms in total. The van der Waals surface area contributed by atoms with Crippen molar-refractivity contribution in [1.82, 2.24) is 15.3 Å². The van der Waals surface area contributed by atoms with E-state index in [0.717, 1.165) is 11.3 Å². The molecule has 0 aliphatic heterocycles. The number of amides is 1. The number of carboxylic acids is 1. The first-order valence-electron chi connectivity index (χ1n) is 9.69. The van der Waals surface area contributed by atoms with Crippen molar-refractivity contribution in [2.75, 3.05) is 18.5 Å². The van der Waals surface area contributed by atoms with Crippen LogP contribution in [0, 0.1) is 12.7 Å². The van der Waals surface area contributed by atoms with Gasteiger partial charge < -0.3 is 25.2 Å². The monoisotopic (exact) mass is 462 g/mol. The highest BCUT2D eigenvalue weighted by Gasteiger charge is 2.20. The Morgan fingerprint density at radius 3 is 2.69 bits per heavy atom. The normalized spacial score (nSPS) is 11.3. The number of aromatic nitrogens is 2. The number of carbonyl (C=O) groups excluding carboxylic acids is 1. The van der Waals surface area contributed by atoms with Crippen molar-refractivity contribution in [2.45, 2.75) is 33.3 Å². The molecule has 0 bridgehead atoms. The number of rotatable bonds is 7. The van der Waals surface area contributed by atoms with Crippen LogP contribution >= 0.6 is 11.3 Å². The Morgan fingerprint density at radius 1 is 1.25 bits per heavy atom. The molecule has 3 rings (SSSR count). The van der Waals surface area contributed by atoms with Crippen LogP contribution in [0.5, 0.6) is 5.75 Å². The lowest BCUT2D eigenvalue weighted by Gasteiger charge is -2.20. The lowest BCUT2D eigenvalue weighted by Crippen LogP contribution is -2.34. The second-order valence-electron chi connectivity index (χ2n) is 7.81. The van der Waals surface area contributed by atoms with Crippen molar-refractivity contribution < 1.29 is 28.6 Å². The predicted octanol–water partition coefficient (Wildman–Crippen LogP) is 4.48. The highest BCUT2D eigenvalue weighted by Crippen LogP contribution is 2.36. The van der Waals surface area contributed by atoms with Crippen LogP contribution in [-0.2, 0) is 4.74 Å². The van der Waals surface area contributed by atoms with Crippen LogP contribution in [0.4, 0.5) is 20.7 Å². The van der Waals surface area contributed by atoms with Gasteiger partial charge in [0, 0.05) is 6.07 Å². The van der Waals surface area contributed by atoms with Crippen molar-refractivity contribution in [3.8, 4) is 5.75 Å². The minimum Gasteiger partial charge on any atom is -0.489 e. The van der Waals surface area contributed by atoms with E-state index in [-0.39, 0.29) is 23.8 Å². The van der Waals surface area contributed by atoms with Crippen LogP contribution in [0.25, 0.3) is 10.2 Å². The molecule has 0 saturated heterocycles. The molecule has 1 aromatic carbocycles. The number of aromatic carboxylic acids is 1. The fourth-order valence-corrected chi connectivity index (χ4v) is 3.83. The SMILES string of the molecule is Cc1c(C(=O)O)sc2ncnc(Nc3ccc(F)cc3OCCNC(=O)OC(C)(C)C)c12. The average Bonchev–Trinajstić information content (AvgIpc) is 3.04. The van der Waals surface area contributed by atoms with E-state index in [0.29, 0.717) is 27.3 Å². The number of hydrogen-bond donors (Lipinski definition) is 3. The number of nitrogens with one attached hydrogen (secondary N) is 2. The van der Waals surface area contributed by atoms with E-state index in [1.807, 2.05) is 0 Å². The molecule has 0 atom stereocenters. The first-order chi connectivity index (χ1) is 15.0. The smallest absolute Gasteiger partial charge is 0.407 e. The molecule has 0 radical (unpaired) electrons. The number of fused-ring (bicyclic) bond motifs is 1. The Labute approximate surface area is 187 Å². The molecule has 0 saturated carbocycles. The first kappa shape index (κ1) is 23.2. The zero-order valence-electron chi connectivity index (χ0n) is 18.0. The van der Waals surface area contributed by atoms with E-state index in [4.69, 9.17) is 9.47 Å². The summed E-state index contributed by atoms with van der Waals surface area (Å²) in [5, 5.41) is 15.6. The zero-order chi connectivity index (χ0) is 23.5. The van der Waals surface area contributed by atoms with Gasteiger partial charge in [0.1, 0.15) is 45.6 Å². The van der Waals surface area contributed by atoms with Gasteiger partial charge in [0.25, 0.3) is 0 Å². The first-order valence-corrected chi connectivity index (χ1v) is 10.5. The van der Waals surface area contributed by atoms with E-state index in [1.54, 1.807) is 27.7 Å². The van der Waals surface area contributed by atoms with Gasteiger partial charge in [-0.05, 0) is 45.4 Å². The average molecular weight is 463 g/mol. The summed E-state index contributed by atoms with van der Waals surface area (Å²) in [7, 11) is 0. The summed E-state index contributed by atoms with van der Waals surface area (Å²) in [6.07, 6.45) is 0.741. The van der Waals surface area contributed by atoms with Gasteiger partial charge in [0.15, 0.2) is 0 Å². The molecule has 170 valence electrons. The summed E-state index contributed by atoms with van der Waals surface area (Å²) in [6, 6.07) is 3.95. The van der Waals surface area contributed by atoms with Gasteiger partial charge in [0.05, 0.1) is 17.6 Å². The second-order valence-corrected chi connectivity index (χ2v) is 8.81. The summed E-state index contributed by atoms with van der Waals surface area (Å²) < 4.78 is 24.6. The maximum Gasteiger partial charge on any atom is 0.407 e. The van der Waals surface area contributed by atoms with Gasteiger partial charge in [-0.3, -0.25) is 0 Å². The molecule has 3 N–H and O–H groups in total. The highest BCUT2D eigenvalue weighted by molar-refractivity contribution is 7.20.